The van der Waals surface area contributed by atoms with Gasteiger partial charge in [0.1, 0.15) is 5.60 Å². The minimum atomic E-state index is -0.957. The summed E-state index contributed by atoms with van der Waals surface area (Å²) in [6, 6.07) is -0.274. The molecule has 6 nitrogen and oxygen atoms in total. The van der Waals surface area contributed by atoms with Crippen LogP contribution in [-0.2, 0) is 14.3 Å². The number of alkyl carbamates (subject to hydrolysis) is 1. The first-order chi connectivity index (χ1) is 8.19. The molecule has 0 unspecified atom stereocenters. The highest BCUT2D eigenvalue weighted by atomic mass is 16.6. The molecule has 6 heteroatoms. The third-order valence-electron chi connectivity index (χ3n) is 2.63. The summed E-state index contributed by atoms with van der Waals surface area (Å²) in [5.41, 5.74) is -0.552. The van der Waals surface area contributed by atoms with Gasteiger partial charge in [-0.3, -0.25) is 0 Å². The Hall–Kier alpha value is -1.30. The number of ether oxygens (including phenoxy) is 2. The fraction of sp³-hybridized carbons (Fsp3) is 0.833. The number of carbonyl (C=O) groups excluding carboxylic acids is 1. The molecule has 0 saturated carbocycles. The van der Waals surface area contributed by atoms with Gasteiger partial charge in [-0.15, -0.1) is 0 Å². The summed E-state index contributed by atoms with van der Waals surface area (Å²) in [6.45, 7) is 7.12. The normalized spacial score (nSPS) is 25.6. The fourth-order valence-corrected chi connectivity index (χ4v) is 1.80. The third-order valence-corrected chi connectivity index (χ3v) is 2.63. The monoisotopic (exact) mass is 259 g/mol. The zero-order chi connectivity index (χ0) is 13.9. The van der Waals surface area contributed by atoms with Crippen molar-refractivity contribution in [1.82, 2.24) is 5.32 Å². The van der Waals surface area contributed by atoms with Crippen molar-refractivity contribution in [1.29, 1.82) is 0 Å². The summed E-state index contributed by atoms with van der Waals surface area (Å²) in [5.74, 6) is -0.957. The van der Waals surface area contributed by atoms with Crippen molar-refractivity contribution in [2.24, 2.45) is 0 Å². The molecule has 0 aliphatic carbocycles. The molecule has 1 saturated heterocycles. The van der Waals surface area contributed by atoms with Crippen LogP contribution in [0.5, 0.6) is 0 Å². The van der Waals surface area contributed by atoms with Gasteiger partial charge in [0.05, 0.1) is 12.1 Å². The molecular weight excluding hydrogens is 238 g/mol. The minimum absolute atomic E-state index is 0.274. The Balaban J connectivity index is 2.40. The molecule has 0 radical (unpaired) electrons. The molecule has 1 rings (SSSR count). The number of hydrogen-bond acceptors (Lipinski definition) is 4. The van der Waals surface area contributed by atoms with E-state index in [1.54, 1.807) is 27.7 Å². The highest BCUT2D eigenvalue weighted by Gasteiger charge is 2.34. The lowest BCUT2D eigenvalue weighted by Crippen LogP contribution is -2.43. The lowest BCUT2D eigenvalue weighted by atomic mass is 10.1. The molecule has 0 bridgehead atoms. The number of hydrogen-bond donors (Lipinski definition) is 2. The first-order valence-electron chi connectivity index (χ1n) is 6.07. The van der Waals surface area contributed by atoms with Crippen LogP contribution in [0, 0.1) is 0 Å². The van der Waals surface area contributed by atoms with Crippen LogP contribution in [0.15, 0.2) is 0 Å². The molecule has 1 aliphatic rings. The highest BCUT2D eigenvalue weighted by Crippen LogP contribution is 2.22. The summed E-state index contributed by atoms with van der Waals surface area (Å²) in [4.78, 5) is 22.3. The Bertz CT molecular complexity index is 323. The summed E-state index contributed by atoms with van der Waals surface area (Å²) in [7, 11) is 0. The number of rotatable bonds is 3. The van der Waals surface area contributed by atoms with Gasteiger partial charge in [0, 0.05) is 0 Å². The van der Waals surface area contributed by atoms with Gasteiger partial charge in [-0.2, -0.15) is 0 Å². The van der Waals surface area contributed by atoms with Crippen LogP contribution in [0.1, 0.15) is 40.5 Å². The van der Waals surface area contributed by atoms with E-state index < -0.39 is 23.8 Å². The number of amides is 1. The van der Waals surface area contributed by atoms with Crippen molar-refractivity contribution in [2.75, 3.05) is 0 Å². The average molecular weight is 259 g/mol. The van der Waals surface area contributed by atoms with Crippen molar-refractivity contribution in [3.05, 3.63) is 0 Å². The van der Waals surface area contributed by atoms with E-state index in [9.17, 15) is 9.59 Å². The number of carbonyl (C=O) groups is 2. The zero-order valence-electron chi connectivity index (χ0n) is 11.2. The fourth-order valence-electron chi connectivity index (χ4n) is 1.80. The van der Waals surface area contributed by atoms with Crippen LogP contribution in [0.25, 0.3) is 0 Å². The van der Waals surface area contributed by atoms with Gasteiger partial charge >= 0.3 is 12.1 Å². The Morgan fingerprint density at radius 2 is 2.00 bits per heavy atom. The molecule has 1 heterocycles. The molecular formula is C12H21NO5. The van der Waals surface area contributed by atoms with Gasteiger partial charge in [-0.1, -0.05) is 0 Å². The van der Waals surface area contributed by atoms with Crippen molar-refractivity contribution in [3.8, 4) is 0 Å². The maximum Gasteiger partial charge on any atom is 0.407 e. The second-order valence-corrected chi connectivity index (χ2v) is 5.51. The lowest BCUT2D eigenvalue weighted by molar-refractivity contribution is -0.149. The molecule has 0 spiro atoms. The Labute approximate surface area is 107 Å². The molecule has 1 fully saturated rings. The standard InChI is InChI=1S/C12H21NO5/c1-7(13-11(16)18-12(2,3)4)8-5-6-9(17-8)10(14)15/h7-9H,5-6H2,1-4H3,(H,13,16)(H,14,15)/t7-,8-,9+/m0/s1. The summed E-state index contributed by atoms with van der Waals surface area (Å²) < 4.78 is 10.5. The van der Waals surface area contributed by atoms with E-state index in [1.165, 1.54) is 0 Å². The van der Waals surface area contributed by atoms with Crippen LogP contribution >= 0.6 is 0 Å². The van der Waals surface area contributed by atoms with Crippen molar-refractivity contribution in [2.45, 2.75) is 64.4 Å². The van der Waals surface area contributed by atoms with E-state index in [2.05, 4.69) is 5.32 Å². The van der Waals surface area contributed by atoms with E-state index >= 15 is 0 Å². The molecule has 18 heavy (non-hydrogen) atoms. The zero-order valence-corrected chi connectivity index (χ0v) is 11.2. The van der Waals surface area contributed by atoms with Crippen molar-refractivity contribution >= 4 is 12.1 Å². The maximum atomic E-state index is 11.5. The minimum Gasteiger partial charge on any atom is -0.479 e. The number of aliphatic carboxylic acids is 1. The van der Waals surface area contributed by atoms with Crippen LogP contribution in [0.2, 0.25) is 0 Å². The molecule has 0 aromatic heterocycles. The average Bonchev–Trinajstić information content (AvgIpc) is 2.62. The first-order valence-corrected chi connectivity index (χ1v) is 6.07. The van der Waals surface area contributed by atoms with Crippen LogP contribution in [-0.4, -0.2) is 41.0 Å². The lowest BCUT2D eigenvalue weighted by Gasteiger charge is -2.24. The summed E-state index contributed by atoms with van der Waals surface area (Å²) in [5, 5.41) is 11.5. The molecule has 0 aromatic rings. The van der Waals surface area contributed by atoms with Crippen molar-refractivity contribution in [3.63, 3.8) is 0 Å². The maximum absolute atomic E-state index is 11.5. The van der Waals surface area contributed by atoms with Crippen LogP contribution in [0.4, 0.5) is 4.79 Å². The second kappa shape index (κ2) is 5.56. The molecule has 2 N–H and O–H groups in total. The first kappa shape index (κ1) is 14.8. The smallest absolute Gasteiger partial charge is 0.407 e. The highest BCUT2D eigenvalue weighted by molar-refractivity contribution is 5.72. The van der Waals surface area contributed by atoms with E-state index in [-0.39, 0.29) is 12.1 Å². The van der Waals surface area contributed by atoms with E-state index in [1.807, 2.05) is 0 Å². The van der Waals surface area contributed by atoms with E-state index in [0.29, 0.717) is 12.8 Å². The second-order valence-electron chi connectivity index (χ2n) is 5.51. The van der Waals surface area contributed by atoms with Gasteiger partial charge in [-0.25, -0.2) is 9.59 Å². The molecule has 104 valence electrons. The SMILES string of the molecule is C[C@H](NC(=O)OC(C)(C)C)[C@@H]1CC[C@H](C(=O)O)O1. The van der Waals surface area contributed by atoms with E-state index in [0.717, 1.165) is 0 Å². The van der Waals surface area contributed by atoms with Gasteiger partial charge < -0.3 is 19.9 Å². The molecule has 0 aromatic carbocycles. The molecule has 1 aliphatic heterocycles. The number of carboxylic acid groups (broad SMARTS) is 1. The summed E-state index contributed by atoms with van der Waals surface area (Å²) in [6.07, 6.45) is -0.470. The Morgan fingerprint density at radius 3 is 2.44 bits per heavy atom. The predicted octanol–water partition coefficient (Wildman–Crippen LogP) is 1.53. The van der Waals surface area contributed by atoms with Gasteiger partial charge in [0.2, 0.25) is 0 Å². The quantitative estimate of drug-likeness (QED) is 0.803. The molecule has 3 atom stereocenters. The van der Waals surface area contributed by atoms with Gasteiger partial charge in [-0.05, 0) is 40.5 Å². The third kappa shape index (κ3) is 4.52. The van der Waals surface area contributed by atoms with Gasteiger partial charge in [0.15, 0.2) is 6.10 Å². The number of carboxylic acids is 1. The molecule has 1 amide bonds. The largest absolute Gasteiger partial charge is 0.479 e. The summed E-state index contributed by atoms with van der Waals surface area (Å²) >= 11 is 0. The number of nitrogens with one attached hydrogen (secondary N) is 1. The van der Waals surface area contributed by atoms with Crippen LogP contribution < -0.4 is 5.32 Å². The Kier molecular flexibility index (Phi) is 4.56. The predicted molar refractivity (Wildman–Crippen MR) is 64.4 cm³/mol. The van der Waals surface area contributed by atoms with Crippen molar-refractivity contribution < 1.29 is 24.2 Å². The Morgan fingerprint density at radius 1 is 1.39 bits per heavy atom. The van der Waals surface area contributed by atoms with Gasteiger partial charge in [0.25, 0.3) is 0 Å². The van der Waals surface area contributed by atoms with Crippen LogP contribution in [0.3, 0.4) is 0 Å². The topological polar surface area (TPSA) is 84.9 Å². The van der Waals surface area contributed by atoms with E-state index in [4.69, 9.17) is 14.6 Å².